The molecule has 0 nitrogen and oxygen atoms in total. The van der Waals surface area contributed by atoms with Gasteiger partial charge in [-0.05, 0) is 71.5 Å². The molecule has 0 spiro atoms. The molecule has 5 fully saturated rings. The maximum absolute atomic E-state index is 13.0. The van der Waals surface area contributed by atoms with Crippen LogP contribution in [-0.4, -0.2) is 11.6 Å². The standard InChI is InChI=1S/C9H15F.C9H18.C8H14F2/c1-7(2,3)8-4-9(10,5-8)6-8;1-7-5-8(6-7)9(2,3)4;1-7(2,3)6-4-8(9,10)5-6/h4-6H2,1-3H3;7-8H,5-6H2,1-4H3;6H,4-5H2,1-3H3. The number of rotatable bonds is 0. The maximum Gasteiger partial charge on any atom is 0.248 e. The Morgan fingerprint density at radius 3 is 1.14 bits per heavy atom. The fraction of sp³-hybridized carbons (Fsp3) is 1.00. The molecule has 2 bridgehead atoms. The highest BCUT2D eigenvalue weighted by Gasteiger charge is 2.72. The minimum Gasteiger partial charge on any atom is -0.244 e. The third-order valence-corrected chi connectivity index (χ3v) is 8.47. The van der Waals surface area contributed by atoms with Crippen molar-refractivity contribution in [3.8, 4) is 0 Å². The molecule has 5 aliphatic carbocycles. The summed E-state index contributed by atoms with van der Waals surface area (Å²) in [5.41, 5.74) is 0.657. The van der Waals surface area contributed by atoms with Crippen molar-refractivity contribution in [2.45, 2.75) is 126 Å². The summed E-state index contributed by atoms with van der Waals surface area (Å²) in [6, 6.07) is 0. The largest absolute Gasteiger partial charge is 0.248 e. The molecule has 29 heavy (non-hydrogen) atoms. The molecule has 5 aliphatic rings. The summed E-state index contributed by atoms with van der Waals surface area (Å²) in [7, 11) is 0. The Bertz CT molecular complexity index is 526. The molecule has 5 rings (SSSR count). The van der Waals surface area contributed by atoms with Crippen molar-refractivity contribution in [3.05, 3.63) is 0 Å². The maximum atomic E-state index is 13.0. The molecule has 0 N–H and O–H groups in total. The van der Waals surface area contributed by atoms with Crippen LogP contribution in [-0.2, 0) is 0 Å². The zero-order valence-corrected chi connectivity index (χ0v) is 20.8. The van der Waals surface area contributed by atoms with E-state index in [2.05, 4.69) is 48.5 Å². The molecule has 0 aromatic carbocycles. The van der Waals surface area contributed by atoms with Crippen LogP contribution in [0.1, 0.15) is 114 Å². The van der Waals surface area contributed by atoms with Gasteiger partial charge in [0, 0.05) is 12.8 Å². The number of halogens is 3. The molecule has 172 valence electrons. The van der Waals surface area contributed by atoms with Crippen LogP contribution in [0.3, 0.4) is 0 Å². The summed E-state index contributed by atoms with van der Waals surface area (Å²) in [5, 5.41) is 0. The highest BCUT2D eigenvalue weighted by molar-refractivity contribution is 5.22. The van der Waals surface area contributed by atoms with Crippen LogP contribution in [0.4, 0.5) is 13.2 Å². The van der Waals surface area contributed by atoms with Crippen LogP contribution in [0.2, 0.25) is 0 Å². The quantitative estimate of drug-likeness (QED) is 0.369. The van der Waals surface area contributed by atoms with Gasteiger partial charge < -0.3 is 0 Å². The zero-order valence-electron chi connectivity index (χ0n) is 20.8. The van der Waals surface area contributed by atoms with E-state index in [-0.39, 0.29) is 24.2 Å². The molecule has 0 saturated heterocycles. The number of hydrogen-bond donors (Lipinski definition) is 0. The van der Waals surface area contributed by atoms with E-state index in [1.54, 1.807) is 0 Å². The molecule has 0 aromatic heterocycles. The molecule has 0 atom stereocenters. The summed E-state index contributed by atoms with van der Waals surface area (Å²) in [5.74, 6) is -0.109. The van der Waals surface area contributed by atoms with Gasteiger partial charge in [-0.15, -0.1) is 0 Å². The van der Waals surface area contributed by atoms with E-state index in [9.17, 15) is 13.2 Å². The van der Waals surface area contributed by atoms with E-state index in [1.165, 1.54) is 12.8 Å². The summed E-state index contributed by atoms with van der Waals surface area (Å²) in [6.07, 6.45) is 5.62. The van der Waals surface area contributed by atoms with E-state index < -0.39 is 11.6 Å². The van der Waals surface area contributed by atoms with Crippen molar-refractivity contribution in [1.82, 2.24) is 0 Å². The lowest BCUT2D eigenvalue weighted by molar-refractivity contribution is -0.263. The minimum absolute atomic E-state index is 0.0711. The Morgan fingerprint density at radius 1 is 0.655 bits per heavy atom. The lowest BCUT2D eigenvalue weighted by Gasteiger charge is -2.71. The van der Waals surface area contributed by atoms with Crippen molar-refractivity contribution in [3.63, 3.8) is 0 Å². The van der Waals surface area contributed by atoms with Crippen LogP contribution in [0.5, 0.6) is 0 Å². The fourth-order valence-electron chi connectivity index (χ4n) is 5.34. The lowest BCUT2D eigenvalue weighted by Crippen LogP contribution is -2.69. The van der Waals surface area contributed by atoms with Crippen molar-refractivity contribution in [2.75, 3.05) is 0 Å². The molecule has 0 radical (unpaired) electrons. The average molecular weight is 417 g/mol. The van der Waals surface area contributed by atoms with Gasteiger partial charge >= 0.3 is 0 Å². The average Bonchev–Trinajstić information content (AvgIpc) is 2.35. The topological polar surface area (TPSA) is 0 Å². The van der Waals surface area contributed by atoms with Gasteiger partial charge in [0.05, 0.1) is 0 Å². The Hall–Kier alpha value is -0.210. The highest BCUT2D eigenvalue weighted by atomic mass is 19.3. The molecule has 0 unspecified atom stereocenters. The van der Waals surface area contributed by atoms with Gasteiger partial charge in [-0.1, -0.05) is 69.2 Å². The summed E-state index contributed by atoms with van der Waals surface area (Å²) < 4.78 is 37.7. The predicted octanol–water partition coefficient (Wildman–Crippen LogP) is 9.08. The van der Waals surface area contributed by atoms with Crippen molar-refractivity contribution in [2.24, 2.45) is 39.4 Å². The van der Waals surface area contributed by atoms with E-state index in [0.717, 1.165) is 31.1 Å². The number of hydrogen-bond acceptors (Lipinski definition) is 0. The third kappa shape index (κ3) is 5.73. The van der Waals surface area contributed by atoms with E-state index >= 15 is 0 Å². The highest BCUT2D eigenvalue weighted by Crippen LogP contribution is 2.75. The molecule has 3 heteroatoms. The first kappa shape index (κ1) is 25.1. The Kier molecular flexibility index (Phi) is 6.42. The van der Waals surface area contributed by atoms with Gasteiger partial charge in [-0.3, -0.25) is 0 Å². The van der Waals surface area contributed by atoms with E-state index in [1.807, 2.05) is 20.8 Å². The van der Waals surface area contributed by atoms with Gasteiger partial charge in [0.1, 0.15) is 5.67 Å². The van der Waals surface area contributed by atoms with Crippen LogP contribution in [0.15, 0.2) is 0 Å². The molecule has 5 saturated carbocycles. The van der Waals surface area contributed by atoms with Crippen LogP contribution in [0.25, 0.3) is 0 Å². The number of alkyl halides is 3. The second-order valence-electron chi connectivity index (χ2n) is 14.2. The lowest BCUT2D eigenvalue weighted by atomic mass is 9.35. The second-order valence-corrected chi connectivity index (χ2v) is 14.2. The predicted molar refractivity (Wildman–Crippen MR) is 118 cm³/mol. The molecule has 0 amide bonds. The van der Waals surface area contributed by atoms with Crippen LogP contribution in [0, 0.1) is 39.4 Å². The Balaban J connectivity index is 0.000000156. The zero-order chi connectivity index (χ0) is 22.7. The van der Waals surface area contributed by atoms with Gasteiger partial charge in [0.15, 0.2) is 0 Å². The normalized spacial score (nSPS) is 38.0. The first-order valence-electron chi connectivity index (χ1n) is 11.7. The monoisotopic (exact) mass is 416 g/mol. The first-order valence-corrected chi connectivity index (χ1v) is 11.7. The summed E-state index contributed by atoms with van der Waals surface area (Å²) in [4.78, 5) is 0. The Labute approximate surface area is 178 Å². The fourth-order valence-corrected chi connectivity index (χ4v) is 5.34. The van der Waals surface area contributed by atoms with Crippen LogP contribution < -0.4 is 0 Å². The summed E-state index contributed by atoms with van der Waals surface area (Å²) in [6.45, 7) is 22.1. The summed E-state index contributed by atoms with van der Waals surface area (Å²) >= 11 is 0. The first-order chi connectivity index (χ1) is 12.7. The molecular formula is C26H47F3. The molecular weight excluding hydrogens is 369 g/mol. The SMILES string of the molecule is CC(C)(C)C12CC(F)(C1)C2.CC(C)(C)C1CC(F)(F)C1.CC1CC(C(C)(C)C)C1. The van der Waals surface area contributed by atoms with Gasteiger partial charge in [0.2, 0.25) is 5.92 Å². The minimum atomic E-state index is -2.35. The van der Waals surface area contributed by atoms with E-state index in [0.29, 0.717) is 16.2 Å². The molecule has 0 aromatic rings. The van der Waals surface area contributed by atoms with Gasteiger partial charge in [-0.2, -0.15) is 0 Å². The second kappa shape index (κ2) is 7.44. The van der Waals surface area contributed by atoms with Gasteiger partial charge in [-0.25, -0.2) is 13.2 Å². The molecule has 0 heterocycles. The van der Waals surface area contributed by atoms with Crippen molar-refractivity contribution in [1.29, 1.82) is 0 Å². The van der Waals surface area contributed by atoms with Gasteiger partial charge in [0.25, 0.3) is 0 Å². The Morgan fingerprint density at radius 2 is 1.03 bits per heavy atom. The van der Waals surface area contributed by atoms with Crippen LogP contribution >= 0.6 is 0 Å². The van der Waals surface area contributed by atoms with Crippen molar-refractivity contribution >= 4 is 0 Å². The van der Waals surface area contributed by atoms with E-state index in [4.69, 9.17) is 0 Å². The molecule has 0 aliphatic heterocycles. The van der Waals surface area contributed by atoms with Crippen molar-refractivity contribution < 1.29 is 13.2 Å². The smallest absolute Gasteiger partial charge is 0.244 e. The third-order valence-electron chi connectivity index (χ3n) is 8.47.